The number of para-hydroxylation sites is 1. The Bertz CT molecular complexity index is 540. The Labute approximate surface area is 104 Å². The second kappa shape index (κ2) is 4.82. The number of benzene rings is 1. The van der Waals surface area contributed by atoms with Gasteiger partial charge in [0.1, 0.15) is 0 Å². The van der Waals surface area contributed by atoms with Gasteiger partial charge in [-0.2, -0.15) is 0 Å². The van der Waals surface area contributed by atoms with Crippen LogP contribution in [0.2, 0.25) is 0 Å². The van der Waals surface area contributed by atoms with Crippen molar-refractivity contribution < 1.29 is 10.2 Å². The molecule has 0 saturated carbocycles. The molecule has 0 amide bonds. The first-order valence-corrected chi connectivity index (χ1v) is 5.43. The molecule has 0 fully saturated rings. The Morgan fingerprint density at radius 1 is 1.33 bits per heavy atom. The van der Waals surface area contributed by atoms with Crippen molar-refractivity contribution in [2.45, 2.75) is 6.54 Å². The molecule has 0 unspecified atom stereocenters. The SMILES string of the molecule is CNc1nnc(N(C)Cc2cccc(O)c2O)[nH]1. The molecule has 1 aromatic carbocycles. The molecule has 0 atom stereocenters. The maximum Gasteiger partial charge on any atom is 0.226 e. The third-order valence-electron chi connectivity index (χ3n) is 2.58. The van der Waals surface area contributed by atoms with Gasteiger partial charge in [-0.15, -0.1) is 10.2 Å². The summed E-state index contributed by atoms with van der Waals surface area (Å²) in [5, 5.41) is 29.8. The van der Waals surface area contributed by atoms with Crippen LogP contribution >= 0.6 is 0 Å². The zero-order valence-electron chi connectivity index (χ0n) is 10.2. The Kier molecular flexibility index (Phi) is 3.22. The molecule has 4 N–H and O–H groups in total. The number of aromatic amines is 1. The van der Waals surface area contributed by atoms with Crippen LogP contribution in [0.25, 0.3) is 0 Å². The highest BCUT2D eigenvalue weighted by atomic mass is 16.3. The quantitative estimate of drug-likeness (QED) is 0.601. The van der Waals surface area contributed by atoms with Crippen LogP contribution in [0.3, 0.4) is 0 Å². The molecule has 0 aliphatic heterocycles. The fraction of sp³-hybridized carbons (Fsp3) is 0.273. The number of phenolic OH excluding ortho intramolecular Hbond substituents is 2. The van der Waals surface area contributed by atoms with Gasteiger partial charge in [-0.1, -0.05) is 12.1 Å². The number of anilines is 2. The van der Waals surface area contributed by atoms with Gasteiger partial charge < -0.3 is 20.4 Å². The van der Waals surface area contributed by atoms with Crippen LogP contribution in [0.15, 0.2) is 18.2 Å². The molecule has 96 valence electrons. The molecule has 0 aliphatic rings. The molecule has 2 rings (SSSR count). The minimum atomic E-state index is -0.130. The third kappa shape index (κ3) is 2.29. The minimum Gasteiger partial charge on any atom is -0.504 e. The van der Waals surface area contributed by atoms with E-state index < -0.39 is 0 Å². The van der Waals surface area contributed by atoms with Gasteiger partial charge in [0.05, 0.1) is 0 Å². The van der Waals surface area contributed by atoms with Crippen molar-refractivity contribution in [2.24, 2.45) is 0 Å². The van der Waals surface area contributed by atoms with Gasteiger partial charge in [0.15, 0.2) is 11.5 Å². The van der Waals surface area contributed by atoms with E-state index in [1.165, 1.54) is 6.07 Å². The Hall–Kier alpha value is -2.44. The summed E-state index contributed by atoms with van der Waals surface area (Å²) >= 11 is 0. The van der Waals surface area contributed by atoms with Crippen LogP contribution < -0.4 is 10.2 Å². The molecule has 0 spiro atoms. The molecule has 7 heteroatoms. The van der Waals surface area contributed by atoms with Crippen LogP contribution in [0.4, 0.5) is 11.9 Å². The van der Waals surface area contributed by atoms with Gasteiger partial charge in [-0.3, -0.25) is 4.98 Å². The van der Waals surface area contributed by atoms with Gasteiger partial charge in [-0.25, -0.2) is 0 Å². The van der Waals surface area contributed by atoms with Gasteiger partial charge in [-0.05, 0) is 6.07 Å². The third-order valence-corrected chi connectivity index (χ3v) is 2.58. The smallest absolute Gasteiger partial charge is 0.226 e. The average molecular weight is 249 g/mol. The molecule has 0 bridgehead atoms. The van der Waals surface area contributed by atoms with E-state index >= 15 is 0 Å². The standard InChI is InChI=1S/C11H15N5O2/c1-12-10-13-11(15-14-10)16(2)6-7-4-3-5-8(17)9(7)18/h3-5,17-18H,6H2,1-2H3,(H2,12,13,14,15). The number of rotatable bonds is 4. The second-order valence-corrected chi connectivity index (χ2v) is 3.89. The van der Waals surface area contributed by atoms with E-state index in [0.717, 1.165) is 0 Å². The maximum atomic E-state index is 9.71. The predicted molar refractivity (Wildman–Crippen MR) is 67.8 cm³/mol. The average Bonchev–Trinajstić information content (AvgIpc) is 2.83. The number of aromatic hydroxyl groups is 2. The number of hydrogen-bond acceptors (Lipinski definition) is 6. The lowest BCUT2D eigenvalue weighted by Gasteiger charge is -2.16. The highest BCUT2D eigenvalue weighted by molar-refractivity contribution is 5.46. The lowest BCUT2D eigenvalue weighted by molar-refractivity contribution is 0.399. The number of nitrogens with one attached hydrogen (secondary N) is 2. The van der Waals surface area contributed by atoms with E-state index in [-0.39, 0.29) is 11.5 Å². The Morgan fingerprint density at radius 3 is 2.78 bits per heavy atom. The topological polar surface area (TPSA) is 97.3 Å². The van der Waals surface area contributed by atoms with Gasteiger partial charge in [0, 0.05) is 26.2 Å². The number of nitrogens with zero attached hydrogens (tertiary/aromatic N) is 3. The summed E-state index contributed by atoms with van der Waals surface area (Å²) in [5.74, 6) is 0.895. The highest BCUT2D eigenvalue weighted by Gasteiger charge is 2.11. The summed E-state index contributed by atoms with van der Waals surface area (Å²) in [6.45, 7) is 0.401. The fourth-order valence-corrected chi connectivity index (χ4v) is 1.57. The van der Waals surface area contributed by atoms with Crippen LogP contribution in [0.1, 0.15) is 5.56 Å². The van der Waals surface area contributed by atoms with Crippen molar-refractivity contribution >= 4 is 11.9 Å². The van der Waals surface area contributed by atoms with E-state index in [2.05, 4.69) is 20.5 Å². The van der Waals surface area contributed by atoms with Crippen molar-refractivity contribution in [1.29, 1.82) is 0 Å². The number of phenols is 2. The zero-order chi connectivity index (χ0) is 13.1. The molecular weight excluding hydrogens is 234 g/mol. The first kappa shape index (κ1) is 12.0. The Balaban J connectivity index is 2.15. The largest absolute Gasteiger partial charge is 0.504 e. The van der Waals surface area contributed by atoms with E-state index in [4.69, 9.17) is 0 Å². The molecule has 1 aromatic heterocycles. The maximum absolute atomic E-state index is 9.71. The second-order valence-electron chi connectivity index (χ2n) is 3.89. The van der Waals surface area contributed by atoms with E-state index in [1.807, 2.05) is 7.05 Å². The van der Waals surface area contributed by atoms with Crippen molar-refractivity contribution in [3.63, 3.8) is 0 Å². The zero-order valence-corrected chi connectivity index (χ0v) is 10.2. The van der Waals surface area contributed by atoms with Crippen LogP contribution in [0.5, 0.6) is 11.5 Å². The van der Waals surface area contributed by atoms with Crippen molar-refractivity contribution in [1.82, 2.24) is 15.2 Å². The van der Waals surface area contributed by atoms with Crippen molar-refractivity contribution in [3.8, 4) is 11.5 Å². The summed E-state index contributed by atoms with van der Waals surface area (Å²) in [4.78, 5) is 4.75. The first-order chi connectivity index (χ1) is 8.61. The van der Waals surface area contributed by atoms with E-state index in [0.29, 0.717) is 24.0 Å². The summed E-state index contributed by atoms with van der Waals surface area (Å²) in [6.07, 6.45) is 0. The predicted octanol–water partition coefficient (Wildman–Crippen LogP) is 0.894. The van der Waals surface area contributed by atoms with Crippen LogP contribution in [-0.4, -0.2) is 39.5 Å². The summed E-state index contributed by atoms with van der Waals surface area (Å²) in [5.41, 5.74) is 0.611. The lowest BCUT2D eigenvalue weighted by atomic mass is 10.2. The molecular formula is C11H15N5O2. The molecule has 0 radical (unpaired) electrons. The van der Waals surface area contributed by atoms with Crippen molar-refractivity contribution in [3.05, 3.63) is 23.8 Å². The van der Waals surface area contributed by atoms with Crippen molar-refractivity contribution in [2.75, 3.05) is 24.3 Å². The van der Waals surface area contributed by atoms with Gasteiger partial charge >= 0.3 is 0 Å². The monoisotopic (exact) mass is 249 g/mol. The number of hydrogen-bond donors (Lipinski definition) is 4. The van der Waals surface area contributed by atoms with Gasteiger partial charge in [0.2, 0.25) is 11.9 Å². The van der Waals surface area contributed by atoms with Crippen LogP contribution in [-0.2, 0) is 6.54 Å². The first-order valence-electron chi connectivity index (χ1n) is 5.43. The molecule has 7 nitrogen and oxygen atoms in total. The van der Waals surface area contributed by atoms with Crippen LogP contribution in [0, 0.1) is 0 Å². The molecule has 18 heavy (non-hydrogen) atoms. The molecule has 2 aromatic rings. The summed E-state index contributed by atoms with van der Waals surface area (Å²) < 4.78 is 0. The Morgan fingerprint density at radius 2 is 2.11 bits per heavy atom. The van der Waals surface area contributed by atoms with E-state index in [1.54, 1.807) is 24.1 Å². The number of aromatic nitrogens is 3. The summed E-state index contributed by atoms with van der Waals surface area (Å²) in [6, 6.07) is 4.85. The lowest BCUT2D eigenvalue weighted by Crippen LogP contribution is -2.17. The fourth-order valence-electron chi connectivity index (χ4n) is 1.57. The summed E-state index contributed by atoms with van der Waals surface area (Å²) in [7, 11) is 3.55. The number of H-pyrrole nitrogens is 1. The minimum absolute atomic E-state index is 0.113. The normalized spacial score (nSPS) is 10.3. The highest BCUT2D eigenvalue weighted by Crippen LogP contribution is 2.29. The molecule has 1 heterocycles. The molecule has 0 aliphatic carbocycles. The van der Waals surface area contributed by atoms with Gasteiger partial charge in [0.25, 0.3) is 0 Å². The molecule has 0 saturated heterocycles. The van der Waals surface area contributed by atoms with E-state index in [9.17, 15) is 10.2 Å².